The first-order valence-electron chi connectivity index (χ1n) is 10.8. The summed E-state index contributed by atoms with van der Waals surface area (Å²) in [5.41, 5.74) is 6.39. The van der Waals surface area contributed by atoms with Gasteiger partial charge in [-0.15, -0.1) is 0 Å². The molecule has 4 aromatic rings. The van der Waals surface area contributed by atoms with E-state index in [1.165, 1.54) is 17.7 Å². The van der Waals surface area contributed by atoms with Crippen LogP contribution in [0.3, 0.4) is 0 Å². The Morgan fingerprint density at radius 1 is 1.00 bits per heavy atom. The molecule has 5 nitrogen and oxygen atoms in total. The van der Waals surface area contributed by atoms with Gasteiger partial charge in [-0.1, -0.05) is 48.5 Å². The summed E-state index contributed by atoms with van der Waals surface area (Å²) in [6.45, 7) is 3.12. The van der Waals surface area contributed by atoms with Crippen LogP contribution in [0, 0.1) is 12.7 Å². The Morgan fingerprint density at radius 3 is 2.39 bits per heavy atom. The molecule has 0 saturated heterocycles. The fraction of sp³-hybridized carbons (Fsp3) is 0.185. The van der Waals surface area contributed by atoms with Crippen LogP contribution in [0.4, 0.5) is 4.39 Å². The van der Waals surface area contributed by atoms with Crippen LogP contribution in [0.25, 0.3) is 16.8 Å². The third-order valence-electron chi connectivity index (χ3n) is 5.55. The molecule has 0 spiro atoms. The average molecular weight is 443 g/mol. The van der Waals surface area contributed by atoms with E-state index in [0.717, 1.165) is 23.2 Å². The minimum atomic E-state index is -0.312. The van der Waals surface area contributed by atoms with E-state index in [-0.39, 0.29) is 11.7 Å². The highest BCUT2D eigenvalue weighted by Gasteiger charge is 2.16. The lowest BCUT2D eigenvalue weighted by Crippen LogP contribution is -2.23. The van der Waals surface area contributed by atoms with Crippen LogP contribution in [0.2, 0.25) is 0 Å². The summed E-state index contributed by atoms with van der Waals surface area (Å²) in [5.74, 6) is -0.510. The fourth-order valence-electron chi connectivity index (χ4n) is 3.86. The molecule has 1 aromatic heterocycles. The standard InChI is InChI=1S/C27H27FN4O/c1-19-26(17-30-32(19)24-14-12-23(28)13-15-24)27(33)29-16-22-6-4-5-7-25(22)21-10-8-20(9-11-21)18-31(2)3/h4-15,17H,16,18H2,1-3H3,(H,29,33). The zero-order valence-electron chi connectivity index (χ0n) is 19.0. The van der Waals surface area contributed by atoms with Crippen molar-refractivity contribution in [3.63, 3.8) is 0 Å². The summed E-state index contributed by atoms with van der Waals surface area (Å²) in [4.78, 5) is 15.0. The van der Waals surface area contributed by atoms with Gasteiger partial charge < -0.3 is 10.2 Å². The summed E-state index contributed by atoms with van der Waals surface area (Å²) in [6.07, 6.45) is 1.55. The number of carbonyl (C=O) groups excluding carboxylic acids is 1. The molecule has 4 rings (SSSR count). The predicted octanol–water partition coefficient (Wildman–Crippen LogP) is 4.98. The number of nitrogens with zero attached hydrogens (tertiary/aromatic N) is 3. The monoisotopic (exact) mass is 442 g/mol. The fourth-order valence-corrected chi connectivity index (χ4v) is 3.86. The second-order valence-electron chi connectivity index (χ2n) is 8.31. The number of aromatic nitrogens is 2. The highest BCUT2D eigenvalue weighted by Crippen LogP contribution is 2.24. The normalized spacial score (nSPS) is 11.1. The second-order valence-corrected chi connectivity index (χ2v) is 8.31. The van der Waals surface area contributed by atoms with Crippen molar-refractivity contribution in [2.75, 3.05) is 14.1 Å². The quantitative estimate of drug-likeness (QED) is 0.439. The summed E-state index contributed by atoms with van der Waals surface area (Å²) in [7, 11) is 4.11. The van der Waals surface area contributed by atoms with E-state index in [0.29, 0.717) is 23.5 Å². The van der Waals surface area contributed by atoms with Gasteiger partial charge in [0.05, 0.1) is 23.1 Å². The van der Waals surface area contributed by atoms with Crippen LogP contribution in [-0.2, 0) is 13.1 Å². The number of carbonyl (C=O) groups is 1. The maximum Gasteiger partial charge on any atom is 0.255 e. The molecule has 0 bridgehead atoms. The first-order chi connectivity index (χ1) is 15.9. The number of halogens is 1. The number of amides is 1. The minimum Gasteiger partial charge on any atom is -0.348 e. The second kappa shape index (κ2) is 9.79. The molecular weight excluding hydrogens is 415 g/mol. The van der Waals surface area contributed by atoms with Gasteiger partial charge in [-0.25, -0.2) is 9.07 Å². The molecule has 0 unspecified atom stereocenters. The van der Waals surface area contributed by atoms with Gasteiger partial charge in [-0.05, 0) is 67.5 Å². The SMILES string of the molecule is Cc1c(C(=O)NCc2ccccc2-c2ccc(CN(C)C)cc2)cnn1-c1ccc(F)cc1. The Kier molecular flexibility index (Phi) is 6.66. The van der Waals surface area contributed by atoms with Crippen LogP contribution in [0.5, 0.6) is 0 Å². The molecule has 0 fully saturated rings. The first kappa shape index (κ1) is 22.4. The number of nitrogens with one attached hydrogen (secondary N) is 1. The molecule has 1 N–H and O–H groups in total. The molecule has 168 valence electrons. The van der Waals surface area contributed by atoms with E-state index in [2.05, 4.69) is 59.7 Å². The molecule has 0 radical (unpaired) electrons. The molecule has 0 saturated carbocycles. The van der Waals surface area contributed by atoms with Crippen LogP contribution in [0.15, 0.2) is 79.0 Å². The van der Waals surface area contributed by atoms with E-state index in [1.807, 2.05) is 25.1 Å². The lowest BCUT2D eigenvalue weighted by atomic mass is 9.98. The Balaban J connectivity index is 1.49. The molecular formula is C27H27FN4O. The third kappa shape index (κ3) is 5.18. The van der Waals surface area contributed by atoms with Crippen molar-refractivity contribution in [3.05, 3.63) is 107 Å². The third-order valence-corrected chi connectivity index (χ3v) is 5.55. The Hall–Kier alpha value is -3.77. The molecule has 33 heavy (non-hydrogen) atoms. The summed E-state index contributed by atoms with van der Waals surface area (Å²) in [5, 5.41) is 7.33. The molecule has 1 heterocycles. The maximum absolute atomic E-state index is 13.2. The minimum absolute atomic E-state index is 0.197. The van der Waals surface area contributed by atoms with E-state index < -0.39 is 0 Å². The molecule has 0 aliphatic carbocycles. The lowest BCUT2D eigenvalue weighted by Gasteiger charge is -2.13. The van der Waals surface area contributed by atoms with Crippen molar-refractivity contribution < 1.29 is 9.18 Å². The molecule has 1 amide bonds. The van der Waals surface area contributed by atoms with E-state index >= 15 is 0 Å². The van der Waals surface area contributed by atoms with Crippen molar-refractivity contribution in [1.82, 2.24) is 20.0 Å². The maximum atomic E-state index is 13.2. The van der Waals surface area contributed by atoms with Gasteiger partial charge in [0.2, 0.25) is 0 Å². The van der Waals surface area contributed by atoms with Gasteiger partial charge >= 0.3 is 0 Å². The Bertz CT molecular complexity index is 1240. The Morgan fingerprint density at radius 2 is 1.70 bits per heavy atom. The smallest absolute Gasteiger partial charge is 0.255 e. The number of rotatable bonds is 7. The van der Waals surface area contributed by atoms with Crippen LogP contribution < -0.4 is 5.32 Å². The predicted molar refractivity (Wildman–Crippen MR) is 129 cm³/mol. The van der Waals surface area contributed by atoms with E-state index in [9.17, 15) is 9.18 Å². The summed E-state index contributed by atoms with van der Waals surface area (Å²) < 4.78 is 14.9. The van der Waals surface area contributed by atoms with Gasteiger partial charge in [0.1, 0.15) is 5.82 Å². The van der Waals surface area contributed by atoms with Crippen LogP contribution >= 0.6 is 0 Å². The van der Waals surface area contributed by atoms with Gasteiger partial charge in [0.15, 0.2) is 0 Å². The number of hydrogen-bond acceptors (Lipinski definition) is 3. The van der Waals surface area contributed by atoms with Crippen LogP contribution in [-0.4, -0.2) is 34.7 Å². The van der Waals surface area contributed by atoms with Crippen molar-refractivity contribution in [1.29, 1.82) is 0 Å². The van der Waals surface area contributed by atoms with Gasteiger partial charge in [0, 0.05) is 13.1 Å². The average Bonchev–Trinajstić information content (AvgIpc) is 3.20. The number of benzene rings is 3. The first-order valence-corrected chi connectivity index (χ1v) is 10.8. The van der Waals surface area contributed by atoms with Crippen molar-refractivity contribution >= 4 is 5.91 Å². The van der Waals surface area contributed by atoms with Crippen LogP contribution in [0.1, 0.15) is 27.2 Å². The Labute approximate surface area is 193 Å². The van der Waals surface area contributed by atoms with Crippen molar-refractivity contribution in [3.8, 4) is 16.8 Å². The summed E-state index contributed by atoms with van der Waals surface area (Å²) >= 11 is 0. The van der Waals surface area contributed by atoms with E-state index in [4.69, 9.17) is 0 Å². The lowest BCUT2D eigenvalue weighted by molar-refractivity contribution is 0.0950. The van der Waals surface area contributed by atoms with Crippen molar-refractivity contribution in [2.24, 2.45) is 0 Å². The van der Waals surface area contributed by atoms with Gasteiger partial charge in [-0.2, -0.15) is 5.10 Å². The molecule has 0 aliphatic rings. The largest absolute Gasteiger partial charge is 0.348 e. The highest BCUT2D eigenvalue weighted by molar-refractivity contribution is 5.95. The molecule has 6 heteroatoms. The summed E-state index contributed by atoms with van der Waals surface area (Å²) in [6, 6.07) is 22.6. The molecule has 0 aliphatic heterocycles. The van der Waals surface area contributed by atoms with E-state index in [1.54, 1.807) is 23.0 Å². The van der Waals surface area contributed by atoms with Gasteiger partial charge in [0.25, 0.3) is 5.91 Å². The van der Waals surface area contributed by atoms with Crippen molar-refractivity contribution in [2.45, 2.75) is 20.0 Å². The zero-order chi connectivity index (χ0) is 23.4. The zero-order valence-corrected chi connectivity index (χ0v) is 19.0. The molecule has 0 atom stereocenters. The topological polar surface area (TPSA) is 50.2 Å². The highest BCUT2D eigenvalue weighted by atomic mass is 19.1. The van der Waals surface area contributed by atoms with Gasteiger partial charge in [-0.3, -0.25) is 4.79 Å². The number of hydrogen-bond donors (Lipinski definition) is 1. The molecule has 3 aromatic carbocycles.